The lowest BCUT2D eigenvalue weighted by molar-refractivity contribution is -0.119. The molecule has 0 aliphatic rings. The van der Waals surface area contributed by atoms with Crippen LogP contribution in [0.5, 0.6) is 0 Å². The lowest BCUT2D eigenvalue weighted by atomic mass is 10.2. The number of hydrogen-bond acceptors (Lipinski definition) is 7. The Hall–Kier alpha value is -3.37. The molecule has 2 heterocycles. The maximum atomic E-state index is 12.4. The number of pyridine rings is 1. The number of para-hydroxylation sites is 1. The number of aryl methyl sites for hydroxylation is 1. The van der Waals surface area contributed by atoms with E-state index in [0.29, 0.717) is 10.2 Å². The highest BCUT2D eigenvalue weighted by molar-refractivity contribution is 7.99. The number of rotatable bonds is 8. The van der Waals surface area contributed by atoms with E-state index in [0.717, 1.165) is 0 Å². The predicted molar refractivity (Wildman–Crippen MR) is 117 cm³/mol. The summed E-state index contributed by atoms with van der Waals surface area (Å²) >= 11 is 7.01. The van der Waals surface area contributed by atoms with Crippen LogP contribution in [-0.2, 0) is 21.4 Å². The lowest BCUT2D eigenvalue weighted by Crippen LogP contribution is -2.22. The predicted octanol–water partition coefficient (Wildman–Crippen LogP) is 2.99. The van der Waals surface area contributed by atoms with Crippen LogP contribution >= 0.6 is 23.4 Å². The highest BCUT2D eigenvalue weighted by Crippen LogP contribution is 2.19. The molecule has 3 aromatic rings. The summed E-state index contributed by atoms with van der Waals surface area (Å²) in [5.41, 5.74) is 0.424. The van der Waals surface area contributed by atoms with Crippen LogP contribution in [0.15, 0.2) is 60.1 Å². The summed E-state index contributed by atoms with van der Waals surface area (Å²) in [6.07, 6.45) is 4.81. The van der Waals surface area contributed by atoms with Crippen molar-refractivity contribution < 1.29 is 19.1 Å². The maximum absolute atomic E-state index is 12.4. The van der Waals surface area contributed by atoms with E-state index in [1.165, 1.54) is 30.1 Å². The molecule has 3 rings (SSSR count). The molecule has 2 N–H and O–H groups in total. The first-order valence-corrected chi connectivity index (χ1v) is 10.4. The quantitative estimate of drug-likeness (QED) is 0.393. The molecule has 0 atom stereocenters. The number of halogens is 1. The third-order valence-corrected chi connectivity index (χ3v) is 5.14. The van der Waals surface area contributed by atoms with E-state index in [-0.39, 0.29) is 28.7 Å². The molecular weight excluding hydrogens is 442 g/mol. The molecule has 11 heteroatoms. The number of carbonyl (C=O) groups excluding carboxylic acids is 3. The zero-order chi connectivity index (χ0) is 22.2. The highest BCUT2D eigenvalue weighted by Gasteiger charge is 2.16. The Morgan fingerprint density at radius 1 is 1.10 bits per heavy atom. The van der Waals surface area contributed by atoms with Gasteiger partial charge in [-0.05, 0) is 24.3 Å². The van der Waals surface area contributed by atoms with Gasteiger partial charge in [-0.2, -0.15) is 0 Å². The molecule has 0 spiro atoms. The van der Waals surface area contributed by atoms with Gasteiger partial charge in [0.1, 0.15) is 5.82 Å². The number of benzene rings is 1. The first kappa shape index (κ1) is 22.3. The van der Waals surface area contributed by atoms with E-state index >= 15 is 0 Å². The van der Waals surface area contributed by atoms with Crippen LogP contribution in [-0.4, -0.2) is 44.7 Å². The Kier molecular flexibility index (Phi) is 7.63. The fourth-order valence-corrected chi connectivity index (χ4v) is 3.26. The van der Waals surface area contributed by atoms with Gasteiger partial charge in [0.25, 0.3) is 5.91 Å². The Labute approximate surface area is 187 Å². The fraction of sp³-hybridized carbons (Fsp3) is 0.150. The van der Waals surface area contributed by atoms with Crippen molar-refractivity contribution in [3.05, 3.63) is 65.6 Å². The Bertz CT molecular complexity index is 1090. The van der Waals surface area contributed by atoms with Crippen LogP contribution in [0.2, 0.25) is 5.02 Å². The highest BCUT2D eigenvalue weighted by atomic mass is 35.5. The van der Waals surface area contributed by atoms with E-state index in [9.17, 15) is 14.4 Å². The average Bonchev–Trinajstić information content (AvgIpc) is 3.17. The minimum absolute atomic E-state index is 0.116. The van der Waals surface area contributed by atoms with Crippen molar-refractivity contribution in [2.24, 2.45) is 7.05 Å². The summed E-state index contributed by atoms with van der Waals surface area (Å²) in [6.45, 7) is -0.513. The van der Waals surface area contributed by atoms with E-state index in [1.54, 1.807) is 41.2 Å². The van der Waals surface area contributed by atoms with Crippen LogP contribution < -0.4 is 10.6 Å². The second-order valence-electron chi connectivity index (χ2n) is 6.19. The SMILES string of the molecule is Cn1ccnc1SCC(=O)Nc1ccccc1C(=O)OCC(=O)Nc1ccc(Cl)cn1. The van der Waals surface area contributed by atoms with Crippen LogP contribution in [0, 0.1) is 0 Å². The van der Waals surface area contributed by atoms with Gasteiger partial charge in [0.15, 0.2) is 11.8 Å². The van der Waals surface area contributed by atoms with Gasteiger partial charge in [0.05, 0.1) is 22.0 Å². The largest absolute Gasteiger partial charge is 0.452 e. The van der Waals surface area contributed by atoms with Crippen molar-refractivity contribution in [1.29, 1.82) is 0 Å². The van der Waals surface area contributed by atoms with Crippen molar-refractivity contribution in [2.45, 2.75) is 5.16 Å². The molecule has 0 unspecified atom stereocenters. The number of imidazole rings is 1. The Morgan fingerprint density at radius 2 is 1.90 bits per heavy atom. The standard InChI is InChI=1S/C20H18ClN5O4S/c1-26-9-8-22-20(26)31-12-18(28)24-15-5-3-2-4-14(15)19(29)30-11-17(27)25-16-7-6-13(21)10-23-16/h2-10H,11-12H2,1H3,(H,24,28)(H,23,25,27). The van der Waals surface area contributed by atoms with E-state index < -0.39 is 18.5 Å². The third kappa shape index (κ3) is 6.56. The van der Waals surface area contributed by atoms with E-state index in [4.69, 9.17) is 16.3 Å². The van der Waals surface area contributed by atoms with E-state index in [2.05, 4.69) is 20.6 Å². The molecule has 9 nitrogen and oxygen atoms in total. The number of carbonyl (C=O) groups is 3. The molecule has 0 saturated heterocycles. The summed E-state index contributed by atoms with van der Waals surface area (Å²) in [7, 11) is 1.83. The smallest absolute Gasteiger partial charge is 0.340 e. The monoisotopic (exact) mass is 459 g/mol. The second-order valence-corrected chi connectivity index (χ2v) is 7.57. The normalized spacial score (nSPS) is 10.4. The number of nitrogens with zero attached hydrogens (tertiary/aromatic N) is 3. The Morgan fingerprint density at radius 3 is 2.61 bits per heavy atom. The zero-order valence-electron chi connectivity index (χ0n) is 16.4. The van der Waals surface area contributed by atoms with Crippen molar-refractivity contribution >= 4 is 52.7 Å². The second kappa shape index (κ2) is 10.6. The topological polar surface area (TPSA) is 115 Å². The van der Waals surface area contributed by atoms with Gasteiger partial charge in [-0.1, -0.05) is 35.5 Å². The van der Waals surface area contributed by atoms with Crippen LogP contribution in [0.3, 0.4) is 0 Å². The molecule has 0 fully saturated rings. The fourth-order valence-electron chi connectivity index (χ4n) is 2.42. The molecule has 0 aliphatic heterocycles. The summed E-state index contributed by atoms with van der Waals surface area (Å²) in [5, 5.41) is 6.31. The lowest BCUT2D eigenvalue weighted by Gasteiger charge is -2.11. The van der Waals surface area contributed by atoms with Gasteiger partial charge >= 0.3 is 5.97 Å². The molecule has 0 aliphatic carbocycles. The number of esters is 1. The van der Waals surface area contributed by atoms with Crippen molar-refractivity contribution in [2.75, 3.05) is 23.0 Å². The van der Waals surface area contributed by atoms with E-state index in [1.807, 2.05) is 7.05 Å². The van der Waals surface area contributed by atoms with Gasteiger partial charge in [-0.25, -0.2) is 14.8 Å². The molecule has 0 bridgehead atoms. The average molecular weight is 460 g/mol. The number of thioether (sulfide) groups is 1. The number of amides is 2. The molecular formula is C20H18ClN5O4S. The van der Waals surface area contributed by atoms with Gasteiger partial charge < -0.3 is 19.9 Å². The minimum Gasteiger partial charge on any atom is -0.452 e. The molecule has 0 radical (unpaired) electrons. The summed E-state index contributed by atoms with van der Waals surface area (Å²) in [5.74, 6) is -1.21. The summed E-state index contributed by atoms with van der Waals surface area (Å²) in [4.78, 5) is 44.8. The molecule has 0 saturated carbocycles. The number of anilines is 2. The van der Waals surface area contributed by atoms with Crippen molar-refractivity contribution in [1.82, 2.24) is 14.5 Å². The van der Waals surface area contributed by atoms with Crippen molar-refractivity contribution in [3.8, 4) is 0 Å². The molecule has 160 valence electrons. The zero-order valence-corrected chi connectivity index (χ0v) is 17.9. The van der Waals surface area contributed by atoms with Crippen LogP contribution in [0.1, 0.15) is 10.4 Å². The minimum atomic E-state index is -0.744. The number of nitrogens with one attached hydrogen (secondary N) is 2. The first-order chi connectivity index (χ1) is 14.9. The summed E-state index contributed by atoms with van der Waals surface area (Å²) in [6, 6.07) is 9.49. The van der Waals surface area contributed by atoms with Gasteiger partial charge in [-0.15, -0.1) is 0 Å². The maximum Gasteiger partial charge on any atom is 0.340 e. The molecule has 2 amide bonds. The van der Waals surface area contributed by atoms with Crippen LogP contribution in [0.4, 0.5) is 11.5 Å². The summed E-state index contributed by atoms with van der Waals surface area (Å²) < 4.78 is 6.87. The number of ether oxygens (including phenoxy) is 1. The Balaban J connectivity index is 1.54. The van der Waals surface area contributed by atoms with Gasteiger partial charge in [0.2, 0.25) is 5.91 Å². The van der Waals surface area contributed by atoms with Crippen molar-refractivity contribution in [3.63, 3.8) is 0 Å². The molecule has 1 aromatic carbocycles. The van der Waals surface area contributed by atoms with Gasteiger partial charge in [0, 0.05) is 25.6 Å². The molecule has 2 aromatic heterocycles. The number of hydrogen-bond donors (Lipinski definition) is 2. The van der Waals surface area contributed by atoms with Crippen LogP contribution in [0.25, 0.3) is 0 Å². The molecule has 31 heavy (non-hydrogen) atoms. The van der Waals surface area contributed by atoms with Gasteiger partial charge in [-0.3, -0.25) is 9.59 Å². The number of aromatic nitrogens is 3. The first-order valence-electron chi connectivity index (χ1n) is 9.00. The third-order valence-electron chi connectivity index (χ3n) is 3.86.